The fourth-order valence-corrected chi connectivity index (χ4v) is 2.06. The van der Waals surface area contributed by atoms with E-state index < -0.39 is 5.97 Å². The first kappa shape index (κ1) is 10.8. The van der Waals surface area contributed by atoms with Crippen molar-refractivity contribution in [2.24, 2.45) is 0 Å². The molecule has 0 aliphatic carbocycles. The lowest BCUT2D eigenvalue weighted by Crippen LogP contribution is -2.02. The minimum Gasteiger partial charge on any atom is -0.424 e. The normalized spacial score (nSPS) is 9.85. The molecule has 0 aromatic heterocycles. The van der Waals surface area contributed by atoms with Gasteiger partial charge in [0.05, 0.1) is 10.0 Å². The molecule has 1 aromatic rings. The number of carbonyl (C=O) groups is 1. The number of hydrogen-bond donors (Lipinski definition) is 0. The van der Waals surface area contributed by atoms with E-state index in [9.17, 15) is 4.79 Å². The van der Waals surface area contributed by atoms with Crippen molar-refractivity contribution in [3.63, 3.8) is 0 Å². The molecule has 1 rings (SSSR count). The molecule has 0 N–H and O–H groups in total. The third-order valence-corrected chi connectivity index (χ3v) is 2.23. The monoisotopic (exact) mass is 282 g/mol. The maximum atomic E-state index is 10.7. The molecule has 0 spiro atoms. The van der Waals surface area contributed by atoms with Gasteiger partial charge in [-0.3, -0.25) is 4.79 Å². The first-order chi connectivity index (χ1) is 6.00. The third kappa shape index (κ3) is 2.86. The van der Waals surface area contributed by atoms with Gasteiger partial charge in [0.1, 0.15) is 0 Å². The lowest BCUT2D eigenvalue weighted by atomic mass is 10.3. The van der Waals surface area contributed by atoms with Crippen LogP contribution in [0.2, 0.25) is 10.0 Å². The highest BCUT2D eigenvalue weighted by atomic mass is 79.9. The van der Waals surface area contributed by atoms with Crippen LogP contribution in [-0.4, -0.2) is 5.97 Å². The van der Waals surface area contributed by atoms with E-state index in [1.807, 2.05) is 0 Å². The van der Waals surface area contributed by atoms with Crippen molar-refractivity contribution >= 4 is 45.1 Å². The van der Waals surface area contributed by atoms with E-state index in [0.717, 1.165) is 4.47 Å². The van der Waals surface area contributed by atoms with E-state index >= 15 is 0 Å². The number of rotatable bonds is 1. The van der Waals surface area contributed by atoms with Gasteiger partial charge in [0.25, 0.3) is 0 Å². The Kier molecular flexibility index (Phi) is 3.59. The fourth-order valence-electron chi connectivity index (χ4n) is 0.770. The Morgan fingerprint density at radius 2 is 1.85 bits per heavy atom. The predicted molar refractivity (Wildman–Crippen MR) is 55.5 cm³/mol. The Balaban J connectivity index is 3.13. The molecule has 2 nitrogen and oxygen atoms in total. The van der Waals surface area contributed by atoms with Crippen LogP contribution >= 0.6 is 39.1 Å². The summed E-state index contributed by atoms with van der Waals surface area (Å²) >= 11 is 14.8. The minimum atomic E-state index is -0.453. The lowest BCUT2D eigenvalue weighted by molar-refractivity contribution is -0.131. The molecule has 1 aromatic carbocycles. The third-order valence-electron chi connectivity index (χ3n) is 1.21. The summed E-state index contributed by atoms with van der Waals surface area (Å²) in [5.41, 5.74) is 0. The number of halogens is 3. The number of carbonyl (C=O) groups excluding carboxylic acids is 1. The molecule has 0 aliphatic heterocycles. The van der Waals surface area contributed by atoms with Crippen molar-refractivity contribution in [3.8, 4) is 5.75 Å². The van der Waals surface area contributed by atoms with Gasteiger partial charge >= 0.3 is 5.97 Å². The summed E-state index contributed by atoms with van der Waals surface area (Å²) in [6, 6.07) is 3.21. The minimum absolute atomic E-state index is 0.194. The molecule has 0 heterocycles. The molecule has 0 saturated carbocycles. The first-order valence-corrected chi connectivity index (χ1v) is 4.88. The second kappa shape index (κ2) is 4.31. The second-order valence-electron chi connectivity index (χ2n) is 2.29. The second-order valence-corrected chi connectivity index (χ2v) is 4.02. The van der Waals surface area contributed by atoms with E-state index in [1.165, 1.54) is 6.92 Å². The summed E-state index contributed by atoms with van der Waals surface area (Å²) in [6.45, 7) is 1.29. The standard InChI is InChI=1S/C8H5BrCl2O2/c1-4(12)13-8-6(10)2-5(9)3-7(8)11/h2-3H,1H3. The maximum absolute atomic E-state index is 10.7. The molecule has 0 amide bonds. The van der Waals surface area contributed by atoms with Crippen molar-refractivity contribution < 1.29 is 9.53 Å². The zero-order chi connectivity index (χ0) is 10.0. The van der Waals surface area contributed by atoms with Gasteiger partial charge in [0.15, 0.2) is 5.75 Å². The summed E-state index contributed by atoms with van der Waals surface area (Å²) in [4.78, 5) is 10.7. The summed E-state index contributed by atoms with van der Waals surface area (Å²) in [6.07, 6.45) is 0. The average molecular weight is 284 g/mol. The van der Waals surface area contributed by atoms with Gasteiger partial charge in [-0.1, -0.05) is 39.1 Å². The highest BCUT2D eigenvalue weighted by Crippen LogP contribution is 2.35. The molecule has 5 heteroatoms. The van der Waals surface area contributed by atoms with Crippen LogP contribution < -0.4 is 4.74 Å². The van der Waals surface area contributed by atoms with Crippen LogP contribution in [0.1, 0.15) is 6.92 Å². The Bertz CT molecular complexity index is 329. The first-order valence-electron chi connectivity index (χ1n) is 3.33. The number of benzene rings is 1. The van der Waals surface area contributed by atoms with E-state index in [1.54, 1.807) is 12.1 Å². The van der Waals surface area contributed by atoms with E-state index in [0.29, 0.717) is 10.0 Å². The van der Waals surface area contributed by atoms with Crippen LogP contribution in [0.5, 0.6) is 5.75 Å². The van der Waals surface area contributed by atoms with Gasteiger partial charge in [0, 0.05) is 11.4 Å². The highest BCUT2D eigenvalue weighted by Gasteiger charge is 2.10. The van der Waals surface area contributed by atoms with Crippen LogP contribution in [0.15, 0.2) is 16.6 Å². The van der Waals surface area contributed by atoms with Crippen molar-refractivity contribution in [2.75, 3.05) is 0 Å². The molecule has 0 aliphatic rings. The quantitative estimate of drug-likeness (QED) is 0.580. The molecule has 0 radical (unpaired) electrons. The topological polar surface area (TPSA) is 26.3 Å². The van der Waals surface area contributed by atoms with Crippen molar-refractivity contribution in [2.45, 2.75) is 6.92 Å². The van der Waals surface area contributed by atoms with Gasteiger partial charge in [-0.15, -0.1) is 0 Å². The van der Waals surface area contributed by atoms with Crippen LogP contribution in [0.3, 0.4) is 0 Å². The predicted octanol–water partition coefficient (Wildman–Crippen LogP) is 3.68. The largest absolute Gasteiger partial charge is 0.424 e. The van der Waals surface area contributed by atoms with Gasteiger partial charge in [-0.05, 0) is 12.1 Å². The molecule has 70 valence electrons. The average Bonchev–Trinajstić information content (AvgIpc) is 1.96. The molecule has 0 unspecified atom stereocenters. The molecular weight excluding hydrogens is 279 g/mol. The van der Waals surface area contributed by atoms with Crippen molar-refractivity contribution in [1.29, 1.82) is 0 Å². The van der Waals surface area contributed by atoms with Crippen molar-refractivity contribution in [1.82, 2.24) is 0 Å². The maximum Gasteiger partial charge on any atom is 0.308 e. The zero-order valence-electron chi connectivity index (χ0n) is 6.61. The van der Waals surface area contributed by atoms with Crippen molar-refractivity contribution in [3.05, 3.63) is 26.7 Å². The van der Waals surface area contributed by atoms with Crippen LogP contribution in [0, 0.1) is 0 Å². The number of hydrogen-bond acceptors (Lipinski definition) is 2. The Hall–Kier alpha value is -0.250. The summed E-state index contributed by atoms with van der Waals surface area (Å²) in [5, 5.41) is 0.601. The SMILES string of the molecule is CC(=O)Oc1c(Cl)cc(Br)cc1Cl. The molecule has 0 saturated heterocycles. The molecule has 0 atom stereocenters. The summed E-state index contributed by atoms with van der Waals surface area (Å²) in [7, 11) is 0. The highest BCUT2D eigenvalue weighted by molar-refractivity contribution is 9.10. The zero-order valence-corrected chi connectivity index (χ0v) is 9.70. The van der Waals surface area contributed by atoms with Gasteiger partial charge in [-0.2, -0.15) is 0 Å². The van der Waals surface area contributed by atoms with Gasteiger partial charge in [0.2, 0.25) is 0 Å². The van der Waals surface area contributed by atoms with E-state index in [4.69, 9.17) is 27.9 Å². The Labute approximate surface area is 93.9 Å². The van der Waals surface area contributed by atoms with E-state index in [-0.39, 0.29) is 5.75 Å². The van der Waals surface area contributed by atoms with Gasteiger partial charge in [-0.25, -0.2) is 0 Å². The smallest absolute Gasteiger partial charge is 0.308 e. The van der Waals surface area contributed by atoms with Gasteiger partial charge < -0.3 is 4.74 Å². The lowest BCUT2D eigenvalue weighted by Gasteiger charge is -2.06. The number of ether oxygens (including phenoxy) is 1. The van der Waals surface area contributed by atoms with Crippen LogP contribution in [0.25, 0.3) is 0 Å². The molecule has 0 bridgehead atoms. The Morgan fingerprint density at radius 3 is 2.23 bits per heavy atom. The number of esters is 1. The molecular formula is C8H5BrCl2O2. The van der Waals surface area contributed by atoms with Crippen LogP contribution in [-0.2, 0) is 4.79 Å². The van der Waals surface area contributed by atoms with E-state index in [2.05, 4.69) is 15.9 Å². The molecule has 13 heavy (non-hydrogen) atoms. The summed E-state index contributed by atoms with van der Waals surface area (Å²) in [5.74, 6) is -0.259. The Morgan fingerprint density at radius 1 is 1.38 bits per heavy atom. The summed E-state index contributed by atoms with van der Waals surface area (Å²) < 4.78 is 5.54. The molecule has 0 fully saturated rings. The fraction of sp³-hybridized carbons (Fsp3) is 0.125. The van der Waals surface area contributed by atoms with Crippen LogP contribution in [0.4, 0.5) is 0 Å².